The van der Waals surface area contributed by atoms with E-state index in [0.29, 0.717) is 0 Å². The first-order chi connectivity index (χ1) is 4.20. The first-order valence-corrected chi connectivity index (χ1v) is 3.75. The lowest BCUT2D eigenvalue weighted by molar-refractivity contribution is 0.786. The van der Waals surface area contributed by atoms with Crippen molar-refractivity contribution in [1.29, 1.82) is 0 Å². The number of nitrogens with two attached hydrogens (primary N) is 1. The van der Waals surface area contributed by atoms with Crippen LogP contribution in [0.5, 0.6) is 0 Å². The molecule has 1 atom stereocenters. The molecule has 0 spiro atoms. The standard InChI is InChI=1S/C6H10N2S.2ClH/c1-4(7)6-3-9-5(2)8-6;;/h3-4H,7H2,1-2H3;2*1H. The predicted octanol–water partition coefficient (Wildman–Crippen LogP) is 2.31. The molecule has 5 heteroatoms. The largest absolute Gasteiger partial charge is 0.323 e. The summed E-state index contributed by atoms with van der Waals surface area (Å²) in [6, 6.07) is 0.0787. The molecule has 1 unspecified atom stereocenters. The van der Waals surface area contributed by atoms with E-state index in [1.807, 2.05) is 19.2 Å². The van der Waals surface area contributed by atoms with Crippen LogP contribution in [-0.2, 0) is 0 Å². The third-order valence-corrected chi connectivity index (χ3v) is 1.90. The summed E-state index contributed by atoms with van der Waals surface area (Å²) in [5, 5.41) is 3.09. The van der Waals surface area contributed by atoms with Crippen LogP contribution in [0.25, 0.3) is 0 Å². The van der Waals surface area contributed by atoms with Gasteiger partial charge in [0.15, 0.2) is 0 Å². The van der Waals surface area contributed by atoms with E-state index in [1.54, 1.807) is 11.3 Å². The summed E-state index contributed by atoms with van der Waals surface area (Å²) in [7, 11) is 0. The number of aryl methyl sites for hydroxylation is 1. The minimum Gasteiger partial charge on any atom is -0.323 e. The Morgan fingerprint density at radius 1 is 1.55 bits per heavy atom. The quantitative estimate of drug-likeness (QED) is 0.780. The molecule has 0 fully saturated rings. The summed E-state index contributed by atoms with van der Waals surface area (Å²) in [4.78, 5) is 4.20. The average molecular weight is 215 g/mol. The van der Waals surface area contributed by atoms with Crippen molar-refractivity contribution in [3.05, 3.63) is 16.1 Å². The molecule has 0 aromatic carbocycles. The number of thiazole rings is 1. The van der Waals surface area contributed by atoms with Crippen LogP contribution in [0.15, 0.2) is 5.38 Å². The molecule has 1 heterocycles. The number of aromatic nitrogens is 1. The molecule has 66 valence electrons. The van der Waals surface area contributed by atoms with E-state index in [2.05, 4.69) is 4.98 Å². The molecule has 1 aromatic rings. The molecule has 1 aromatic heterocycles. The van der Waals surface area contributed by atoms with Crippen molar-refractivity contribution < 1.29 is 0 Å². The van der Waals surface area contributed by atoms with E-state index in [4.69, 9.17) is 5.73 Å². The zero-order chi connectivity index (χ0) is 6.85. The van der Waals surface area contributed by atoms with Crippen molar-refractivity contribution >= 4 is 36.2 Å². The third kappa shape index (κ3) is 3.91. The Morgan fingerprint density at radius 3 is 2.27 bits per heavy atom. The fourth-order valence-corrected chi connectivity index (χ4v) is 1.31. The molecule has 0 saturated heterocycles. The summed E-state index contributed by atoms with van der Waals surface area (Å²) in [5.74, 6) is 0. The van der Waals surface area contributed by atoms with Gasteiger partial charge in [0.1, 0.15) is 0 Å². The van der Waals surface area contributed by atoms with Crippen LogP contribution in [0, 0.1) is 6.92 Å². The van der Waals surface area contributed by atoms with Crippen LogP contribution in [0.1, 0.15) is 23.7 Å². The summed E-state index contributed by atoms with van der Waals surface area (Å²) < 4.78 is 0. The van der Waals surface area contributed by atoms with Crippen LogP contribution in [0.2, 0.25) is 0 Å². The monoisotopic (exact) mass is 214 g/mol. The van der Waals surface area contributed by atoms with Crippen LogP contribution in [0.3, 0.4) is 0 Å². The number of hydrogen-bond donors (Lipinski definition) is 1. The fraction of sp³-hybridized carbons (Fsp3) is 0.500. The van der Waals surface area contributed by atoms with E-state index in [0.717, 1.165) is 10.7 Å². The minimum atomic E-state index is 0. The van der Waals surface area contributed by atoms with Gasteiger partial charge in [-0.05, 0) is 13.8 Å². The van der Waals surface area contributed by atoms with Gasteiger partial charge in [-0.3, -0.25) is 0 Å². The summed E-state index contributed by atoms with van der Waals surface area (Å²) >= 11 is 1.64. The second kappa shape index (κ2) is 5.77. The Bertz CT molecular complexity index is 200. The number of rotatable bonds is 1. The Kier molecular flexibility index (Phi) is 7.21. The van der Waals surface area contributed by atoms with Crippen LogP contribution in [0.4, 0.5) is 0 Å². The van der Waals surface area contributed by atoms with E-state index in [9.17, 15) is 0 Å². The molecular formula is C6H12Cl2N2S. The zero-order valence-electron chi connectivity index (χ0n) is 6.40. The Morgan fingerprint density at radius 2 is 2.09 bits per heavy atom. The van der Waals surface area contributed by atoms with Gasteiger partial charge in [-0.1, -0.05) is 0 Å². The van der Waals surface area contributed by atoms with Crippen molar-refractivity contribution in [3.63, 3.8) is 0 Å². The van der Waals surface area contributed by atoms with Gasteiger partial charge in [0.2, 0.25) is 0 Å². The van der Waals surface area contributed by atoms with Crippen molar-refractivity contribution in [3.8, 4) is 0 Å². The van der Waals surface area contributed by atoms with Crippen molar-refractivity contribution in [2.75, 3.05) is 0 Å². The molecular weight excluding hydrogens is 203 g/mol. The lowest BCUT2D eigenvalue weighted by Gasteiger charge is -1.95. The van der Waals surface area contributed by atoms with E-state index < -0.39 is 0 Å². The molecule has 0 radical (unpaired) electrons. The van der Waals surface area contributed by atoms with Gasteiger partial charge in [0.25, 0.3) is 0 Å². The molecule has 2 N–H and O–H groups in total. The highest BCUT2D eigenvalue weighted by Crippen LogP contribution is 2.12. The normalized spacial score (nSPS) is 11.2. The topological polar surface area (TPSA) is 38.9 Å². The number of hydrogen-bond acceptors (Lipinski definition) is 3. The van der Waals surface area contributed by atoms with Gasteiger partial charge < -0.3 is 5.73 Å². The highest BCUT2D eigenvalue weighted by Gasteiger charge is 2.01. The first kappa shape index (κ1) is 13.7. The second-order valence-electron chi connectivity index (χ2n) is 2.08. The molecule has 0 saturated carbocycles. The molecule has 0 aliphatic heterocycles. The Balaban J connectivity index is 0. The van der Waals surface area contributed by atoms with E-state index in [1.165, 1.54) is 0 Å². The predicted molar refractivity (Wildman–Crippen MR) is 53.9 cm³/mol. The third-order valence-electron chi connectivity index (χ3n) is 1.10. The molecule has 0 aliphatic rings. The van der Waals surface area contributed by atoms with E-state index in [-0.39, 0.29) is 30.9 Å². The summed E-state index contributed by atoms with van der Waals surface area (Å²) in [6.45, 7) is 3.92. The second-order valence-corrected chi connectivity index (χ2v) is 3.14. The van der Waals surface area contributed by atoms with Crippen LogP contribution in [-0.4, -0.2) is 4.98 Å². The molecule has 11 heavy (non-hydrogen) atoms. The lowest BCUT2D eigenvalue weighted by atomic mass is 10.3. The van der Waals surface area contributed by atoms with Gasteiger partial charge in [-0.15, -0.1) is 36.2 Å². The van der Waals surface area contributed by atoms with Gasteiger partial charge in [-0.2, -0.15) is 0 Å². The SMILES string of the molecule is Cc1nc(C(C)N)cs1.Cl.Cl. The van der Waals surface area contributed by atoms with Crippen molar-refractivity contribution in [2.45, 2.75) is 19.9 Å². The maximum absolute atomic E-state index is 5.57. The highest BCUT2D eigenvalue weighted by atomic mass is 35.5. The Labute approximate surface area is 83.0 Å². The van der Waals surface area contributed by atoms with Gasteiger partial charge in [-0.25, -0.2) is 4.98 Å². The molecule has 0 bridgehead atoms. The lowest BCUT2D eigenvalue weighted by Crippen LogP contribution is -2.04. The smallest absolute Gasteiger partial charge is 0.0898 e. The van der Waals surface area contributed by atoms with E-state index >= 15 is 0 Å². The summed E-state index contributed by atoms with van der Waals surface area (Å²) in [6.07, 6.45) is 0. The van der Waals surface area contributed by atoms with Gasteiger partial charge >= 0.3 is 0 Å². The number of nitrogens with zero attached hydrogens (tertiary/aromatic N) is 1. The zero-order valence-corrected chi connectivity index (χ0v) is 8.85. The average Bonchev–Trinajstić information content (AvgIpc) is 2.14. The molecule has 0 amide bonds. The van der Waals surface area contributed by atoms with Crippen molar-refractivity contribution in [1.82, 2.24) is 4.98 Å². The maximum Gasteiger partial charge on any atom is 0.0898 e. The fourth-order valence-electron chi connectivity index (χ4n) is 0.589. The summed E-state index contributed by atoms with van der Waals surface area (Å²) in [5.41, 5.74) is 6.57. The van der Waals surface area contributed by atoms with Crippen LogP contribution >= 0.6 is 36.2 Å². The van der Waals surface area contributed by atoms with Gasteiger partial charge in [0, 0.05) is 11.4 Å². The highest BCUT2D eigenvalue weighted by molar-refractivity contribution is 7.09. The van der Waals surface area contributed by atoms with Crippen molar-refractivity contribution in [2.24, 2.45) is 5.73 Å². The van der Waals surface area contributed by atoms with Gasteiger partial charge in [0.05, 0.1) is 10.7 Å². The Hall–Kier alpha value is 0.170. The first-order valence-electron chi connectivity index (χ1n) is 2.88. The van der Waals surface area contributed by atoms with Crippen LogP contribution < -0.4 is 5.73 Å². The maximum atomic E-state index is 5.57. The molecule has 1 rings (SSSR count). The molecule has 2 nitrogen and oxygen atoms in total. The minimum absolute atomic E-state index is 0. The number of halogens is 2. The molecule has 0 aliphatic carbocycles.